The van der Waals surface area contributed by atoms with Crippen molar-refractivity contribution in [2.45, 2.75) is 13.8 Å². The summed E-state index contributed by atoms with van der Waals surface area (Å²) in [7, 11) is 0. The number of aromatic nitrogens is 1. The van der Waals surface area contributed by atoms with Crippen LogP contribution in [0.2, 0.25) is 0 Å². The maximum Gasteiger partial charge on any atom is 0.162 e. The third kappa shape index (κ3) is 2.73. The van der Waals surface area contributed by atoms with E-state index in [-0.39, 0.29) is 5.78 Å². The van der Waals surface area contributed by atoms with Crippen molar-refractivity contribution in [3.8, 4) is 0 Å². The highest BCUT2D eigenvalue weighted by atomic mass is 16.1. The second-order valence-electron chi connectivity index (χ2n) is 3.15. The van der Waals surface area contributed by atoms with Gasteiger partial charge >= 0.3 is 0 Å². The highest BCUT2D eigenvalue weighted by molar-refractivity contribution is 6.14. The van der Waals surface area contributed by atoms with Crippen LogP contribution in [-0.4, -0.2) is 16.5 Å². The van der Waals surface area contributed by atoms with E-state index in [2.05, 4.69) is 16.6 Å². The maximum atomic E-state index is 11.4. The molecule has 0 saturated carbocycles. The molecule has 0 fully saturated rings. The Morgan fingerprint density at radius 1 is 1.56 bits per heavy atom. The molecular weight excluding hydrogens is 200 g/mol. The first-order valence-corrected chi connectivity index (χ1v) is 4.98. The summed E-state index contributed by atoms with van der Waals surface area (Å²) in [5.41, 5.74) is 1.80. The van der Waals surface area contributed by atoms with E-state index in [0.717, 1.165) is 0 Å². The van der Waals surface area contributed by atoms with Crippen LogP contribution in [0, 0.1) is 0 Å². The molecule has 0 amide bonds. The summed E-state index contributed by atoms with van der Waals surface area (Å²) in [4.78, 5) is 19.7. The van der Waals surface area contributed by atoms with Crippen molar-refractivity contribution in [2.24, 2.45) is 4.99 Å². The fraction of sp³-hybridized carbons (Fsp3) is 0.154. The van der Waals surface area contributed by atoms with Gasteiger partial charge in [-0.2, -0.15) is 0 Å². The lowest BCUT2D eigenvalue weighted by Gasteiger charge is -2.04. The van der Waals surface area contributed by atoms with Crippen LogP contribution < -0.4 is 0 Å². The van der Waals surface area contributed by atoms with Crippen molar-refractivity contribution in [3.05, 3.63) is 54.5 Å². The van der Waals surface area contributed by atoms with Crippen molar-refractivity contribution < 1.29 is 4.79 Å². The lowest BCUT2D eigenvalue weighted by Crippen LogP contribution is -2.08. The molecular formula is C13H14N2O. The van der Waals surface area contributed by atoms with Gasteiger partial charge < -0.3 is 0 Å². The average molecular weight is 214 g/mol. The van der Waals surface area contributed by atoms with E-state index in [4.69, 9.17) is 0 Å². The Morgan fingerprint density at radius 3 is 2.88 bits per heavy atom. The molecule has 1 aromatic rings. The van der Waals surface area contributed by atoms with E-state index < -0.39 is 0 Å². The van der Waals surface area contributed by atoms with Crippen molar-refractivity contribution in [3.63, 3.8) is 0 Å². The zero-order valence-corrected chi connectivity index (χ0v) is 9.47. The fourth-order valence-corrected chi connectivity index (χ4v) is 1.33. The molecule has 82 valence electrons. The van der Waals surface area contributed by atoms with E-state index in [1.54, 1.807) is 24.4 Å². The predicted molar refractivity (Wildman–Crippen MR) is 65.8 cm³/mol. The minimum atomic E-state index is -0.0237. The van der Waals surface area contributed by atoms with Crippen LogP contribution in [0.25, 0.3) is 0 Å². The number of rotatable bonds is 4. The lowest BCUT2D eigenvalue weighted by atomic mass is 10.1. The van der Waals surface area contributed by atoms with Gasteiger partial charge in [-0.05, 0) is 32.1 Å². The Hall–Kier alpha value is -2.03. The van der Waals surface area contributed by atoms with Gasteiger partial charge in [0.2, 0.25) is 0 Å². The minimum absolute atomic E-state index is 0.0237. The second kappa shape index (κ2) is 5.75. The van der Waals surface area contributed by atoms with Crippen molar-refractivity contribution in [1.82, 2.24) is 4.98 Å². The van der Waals surface area contributed by atoms with E-state index in [9.17, 15) is 4.79 Å². The van der Waals surface area contributed by atoms with Gasteiger partial charge in [0.25, 0.3) is 0 Å². The predicted octanol–water partition coefficient (Wildman–Crippen LogP) is 2.79. The van der Waals surface area contributed by atoms with Crippen molar-refractivity contribution >= 4 is 11.5 Å². The number of Topliss-reactive ketones (excluding diaryl/α,β-unsaturated/α-hetero) is 1. The van der Waals surface area contributed by atoms with Crippen LogP contribution in [0.15, 0.2) is 48.3 Å². The van der Waals surface area contributed by atoms with E-state index in [1.807, 2.05) is 13.0 Å². The zero-order valence-electron chi connectivity index (χ0n) is 9.47. The van der Waals surface area contributed by atoms with Crippen LogP contribution in [0.1, 0.15) is 29.9 Å². The van der Waals surface area contributed by atoms with E-state index in [0.29, 0.717) is 17.0 Å². The minimum Gasteiger partial charge on any atom is -0.294 e. The Morgan fingerprint density at radius 2 is 2.31 bits per heavy atom. The third-order valence-electron chi connectivity index (χ3n) is 1.98. The molecule has 0 N–H and O–H groups in total. The van der Waals surface area contributed by atoms with E-state index in [1.165, 1.54) is 13.1 Å². The van der Waals surface area contributed by atoms with Crippen LogP contribution in [0.3, 0.4) is 0 Å². The molecule has 16 heavy (non-hydrogen) atoms. The average Bonchev–Trinajstić information content (AvgIpc) is 2.29. The molecule has 0 aliphatic heterocycles. The third-order valence-corrected chi connectivity index (χ3v) is 1.98. The Labute approximate surface area is 95.2 Å². The molecule has 1 rings (SSSR count). The molecule has 1 heterocycles. The summed E-state index contributed by atoms with van der Waals surface area (Å²) < 4.78 is 0. The fourth-order valence-electron chi connectivity index (χ4n) is 1.33. The van der Waals surface area contributed by atoms with Gasteiger partial charge in [-0.15, -0.1) is 0 Å². The topological polar surface area (TPSA) is 42.3 Å². The molecule has 0 saturated heterocycles. The smallest absolute Gasteiger partial charge is 0.162 e. The molecule has 0 unspecified atom stereocenters. The van der Waals surface area contributed by atoms with Gasteiger partial charge in [0.05, 0.1) is 11.4 Å². The molecule has 1 aromatic heterocycles. The molecule has 3 nitrogen and oxygen atoms in total. The van der Waals surface area contributed by atoms with Gasteiger partial charge in [-0.25, -0.2) is 0 Å². The first kappa shape index (κ1) is 12.0. The summed E-state index contributed by atoms with van der Waals surface area (Å²) in [6.45, 7) is 6.95. The van der Waals surface area contributed by atoms with Crippen molar-refractivity contribution in [1.29, 1.82) is 0 Å². The first-order chi connectivity index (χ1) is 7.70. The molecule has 0 atom stereocenters. The molecule has 0 bridgehead atoms. The quantitative estimate of drug-likeness (QED) is 0.571. The summed E-state index contributed by atoms with van der Waals surface area (Å²) >= 11 is 0. The SMILES string of the molecule is C=CN=C(/C=C\C)c1ncccc1C(C)=O. The number of aliphatic imine (C=N–C) groups is 1. The largest absolute Gasteiger partial charge is 0.294 e. The number of ketones is 1. The van der Waals surface area contributed by atoms with Crippen LogP contribution in [-0.2, 0) is 0 Å². The summed E-state index contributed by atoms with van der Waals surface area (Å²) in [6.07, 6.45) is 6.73. The lowest BCUT2D eigenvalue weighted by molar-refractivity contribution is 0.101. The number of carbonyl (C=O) groups excluding carboxylic acids is 1. The van der Waals surface area contributed by atoms with Gasteiger partial charge in [-0.1, -0.05) is 12.7 Å². The number of pyridine rings is 1. The molecule has 0 aromatic carbocycles. The number of hydrogen-bond donors (Lipinski definition) is 0. The Kier molecular flexibility index (Phi) is 4.33. The molecule has 0 aliphatic carbocycles. The molecule has 3 heteroatoms. The number of hydrogen-bond acceptors (Lipinski definition) is 3. The highest BCUT2D eigenvalue weighted by Gasteiger charge is 2.10. The standard InChI is InChI=1S/C13H14N2O/c1-4-7-12(14-5-2)13-11(10(3)16)8-6-9-15-13/h4-9H,2H2,1,3H3/b7-4-,14-12?. The van der Waals surface area contributed by atoms with Crippen LogP contribution in [0.5, 0.6) is 0 Å². The Balaban J connectivity index is 3.34. The monoisotopic (exact) mass is 214 g/mol. The maximum absolute atomic E-state index is 11.4. The first-order valence-electron chi connectivity index (χ1n) is 4.98. The van der Waals surface area contributed by atoms with Gasteiger partial charge in [0.15, 0.2) is 5.78 Å². The van der Waals surface area contributed by atoms with Crippen LogP contribution >= 0.6 is 0 Å². The van der Waals surface area contributed by atoms with Crippen LogP contribution in [0.4, 0.5) is 0 Å². The Bertz CT molecular complexity index is 459. The molecule has 0 radical (unpaired) electrons. The second-order valence-corrected chi connectivity index (χ2v) is 3.15. The van der Waals surface area contributed by atoms with E-state index >= 15 is 0 Å². The number of carbonyl (C=O) groups is 1. The summed E-state index contributed by atoms with van der Waals surface area (Å²) in [5, 5.41) is 0. The van der Waals surface area contributed by atoms with Gasteiger partial charge in [0.1, 0.15) is 0 Å². The summed E-state index contributed by atoms with van der Waals surface area (Å²) in [6, 6.07) is 3.48. The molecule has 0 spiro atoms. The van der Waals surface area contributed by atoms with Gasteiger partial charge in [-0.3, -0.25) is 14.8 Å². The number of allylic oxidation sites excluding steroid dienone is 2. The highest BCUT2D eigenvalue weighted by Crippen LogP contribution is 2.09. The summed E-state index contributed by atoms with van der Waals surface area (Å²) in [5.74, 6) is -0.0237. The number of nitrogens with zero attached hydrogens (tertiary/aromatic N) is 2. The van der Waals surface area contributed by atoms with Gasteiger partial charge in [0, 0.05) is 18.0 Å². The normalized spacial score (nSPS) is 11.8. The van der Waals surface area contributed by atoms with Crippen molar-refractivity contribution in [2.75, 3.05) is 0 Å². The molecule has 0 aliphatic rings. The zero-order chi connectivity index (χ0) is 12.0.